The Labute approximate surface area is 105 Å². The van der Waals surface area contributed by atoms with E-state index in [1.165, 1.54) is 44.5 Å². The fourth-order valence-corrected chi connectivity index (χ4v) is 2.50. The van der Waals surface area contributed by atoms with Gasteiger partial charge in [-0.1, -0.05) is 37.3 Å². The molecule has 0 radical (unpaired) electrons. The Hall–Kier alpha value is -0.860. The van der Waals surface area contributed by atoms with Crippen LogP contribution in [0.2, 0.25) is 0 Å². The fourth-order valence-electron chi connectivity index (χ4n) is 2.50. The number of likely N-dealkylation sites (tertiary alicyclic amines) is 1. The molecule has 17 heavy (non-hydrogen) atoms. The number of hydrogen-bond donors (Lipinski definition) is 1. The van der Waals surface area contributed by atoms with Gasteiger partial charge in [-0.15, -0.1) is 0 Å². The molecule has 0 aliphatic carbocycles. The third-order valence-corrected chi connectivity index (χ3v) is 3.88. The maximum Gasteiger partial charge on any atom is 0.00631 e. The number of hydrogen-bond acceptors (Lipinski definition) is 2. The molecular formula is C15H24N2. The monoisotopic (exact) mass is 232 g/mol. The van der Waals surface area contributed by atoms with Crippen LogP contribution in [0.25, 0.3) is 0 Å². The topological polar surface area (TPSA) is 29.3 Å². The normalized spacial score (nSPS) is 20.4. The van der Waals surface area contributed by atoms with Gasteiger partial charge in [0.25, 0.3) is 0 Å². The van der Waals surface area contributed by atoms with Crippen LogP contribution < -0.4 is 5.73 Å². The number of nitrogens with two attached hydrogens (primary N) is 1. The average Bonchev–Trinajstić information content (AvgIpc) is 2.39. The van der Waals surface area contributed by atoms with E-state index in [9.17, 15) is 0 Å². The van der Waals surface area contributed by atoms with E-state index in [1.54, 1.807) is 0 Å². The minimum atomic E-state index is 0.442. The van der Waals surface area contributed by atoms with Crippen molar-refractivity contribution < 1.29 is 0 Å². The van der Waals surface area contributed by atoms with Crippen LogP contribution in [0, 0.1) is 0 Å². The molecule has 1 unspecified atom stereocenters. The number of rotatable bonds is 4. The summed E-state index contributed by atoms with van der Waals surface area (Å²) < 4.78 is 0. The van der Waals surface area contributed by atoms with Crippen molar-refractivity contribution >= 4 is 0 Å². The second-order valence-electron chi connectivity index (χ2n) is 5.28. The highest BCUT2D eigenvalue weighted by Crippen LogP contribution is 2.19. The fraction of sp³-hybridized carbons (Fsp3) is 0.600. The first-order valence-corrected chi connectivity index (χ1v) is 6.78. The Bertz CT molecular complexity index is 315. The van der Waals surface area contributed by atoms with E-state index in [0.29, 0.717) is 12.0 Å². The lowest BCUT2D eigenvalue weighted by Crippen LogP contribution is -2.40. The molecule has 0 bridgehead atoms. The van der Waals surface area contributed by atoms with E-state index in [1.807, 2.05) is 0 Å². The average molecular weight is 232 g/mol. The zero-order valence-electron chi connectivity index (χ0n) is 10.8. The van der Waals surface area contributed by atoms with Crippen molar-refractivity contribution in [2.45, 2.75) is 38.1 Å². The van der Waals surface area contributed by atoms with E-state index in [0.717, 1.165) is 0 Å². The van der Waals surface area contributed by atoms with Crippen LogP contribution in [-0.2, 0) is 0 Å². The predicted octanol–water partition coefficient (Wildman–Crippen LogP) is 2.60. The van der Waals surface area contributed by atoms with Gasteiger partial charge in [0, 0.05) is 6.04 Å². The summed E-state index contributed by atoms with van der Waals surface area (Å²) in [5, 5.41) is 0. The summed E-state index contributed by atoms with van der Waals surface area (Å²) in [7, 11) is 0. The molecule has 94 valence electrons. The lowest BCUT2D eigenvalue weighted by atomic mass is 9.97. The zero-order chi connectivity index (χ0) is 12.1. The standard InChI is InChI=1S/C15H24N2/c1-13(14-5-3-2-4-6-14)7-10-17-11-8-15(16)9-12-17/h2-6,13,15H,7-12,16H2,1H3. The molecule has 2 heteroatoms. The quantitative estimate of drug-likeness (QED) is 0.864. The summed E-state index contributed by atoms with van der Waals surface area (Å²) in [6.45, 7) is 5.90. The van der Waals surface area contributed by atoms with Gasteiger partial charge in [-0.3, -0.25) is 0 Å². The third kappa shape index (κ3) is 3.83. The second kappa shape index (κ2) is 6.18. The second-order valence-corrected chi connectivity index (χ2v) is 5.28. The van der Waals surface area contributed by atoms with Gasteiger partial charge < -0.3 is 10.6 Å². The summed E-state index contributed by atoms with van der Waals surface area (Å²) in [5.74, 6) is 0.659. The molecule has 1 aromatic rings. The minimum absolute atomic E-state index is 0.442. The molecule has 2 nitrogen and oxygen atoms in total. The molecular weight excluding hydrogens is 208 g/mol. The summed E-state index contributed by atoms with van der Waals surface area (Å²) in [5.41, 5.74) is 7.38. The van der Waals surface area contributed by atoms with Crippen LogP contribution in [0.5, 0.6) is 0 Å². The van der Waals surface area contributed by atoms with Crippen molar-refractivity contribution in [1.82, 2.24) is 4.90 Å². The van der Waals surface area contributed by atoms with Crippen LogP contribution >= 0.6 is 0 Å². The van der Waals surface area contributed by atoms with Crippen LogP contribution in [0.4, 0.5) is 0 Å². The van der Waals surface area contributed by atoms with E-state index < -0.39 is 0 Å². The highest BCUT2D eigenvalue weighted by molar-refractivity contribution is 5.18. The number of piperidine rings is 1. The summed E-state index contributed by atoms with van der Waals surface area (Å²) >= 11 is 0. The van der Waals surface area contributed by atoms with Crippen molar-refractivity contribution in [2.75, 3.05) is 19.6 Å². The highest BCUT2D eigenvalue weighted by atomic mass is 15.1. The summed E-state index contributed by atoms with van der Waals surface area (Å²) in [4.78, 5) is 2.56. The lowest BCUT2D eigenvalue weighted by molar-refractivity contribution is 0.207. The van der Waals surface area contributed by atoms with Crippen LogP contribution in [0.1, 0.15) is 37.7 Å². The Morgan fingerprint density at radius 1 is 1.24 bits per heavy atom. The van der Waals surface area contributed by atoms with Gasteiger partial charge in [-0.2, -0.15) is 0 Å². The van der Waals surface area contributed by atoms with E-state index >= 15 is 0 Å². The van der Waals surface area contributed by atoms with E-state index in [-0.39, 0.29) is 0 Å². The first-order chi connectivity index (χ1) is 8.25. The Morgan fingerprint density at radius 2 is 1.88 bits per heavy atom. The van der Waals surface area contributed by atoms with Gasteiger partial charge >= 0.3 is 0 Å². The van der Waals surface area contributed by atoms with Crippen molar-refractivity contribution in [3.8, 4) is 0 Å². The van der Waals surface area contributed by atoms with Crippen molar-refractivity contribution in [1.29, 1.82) is 0 Å². The van der Waals surface area contributed by atoms with Gasteiger partial charge in [-0.25, -0.2) is 0 Å². The maximum absolute atomic E-state index is 5.92. The van der Waals surface area contributed by atoms with Crippen LogP contribution in [0.3, 0.4) is 0 Å². The minimum Gasteiger partial charge on any atom is -0.328 e. The molecule has 1 fully saturated rings. The Morgan fingerprint density at radius 3 is 2.53 bits per heavy atom. The largest absolute Gasteiger partial charge is 0.328 e. The molecule has 0 aromatic heterocycles. The molecule has 0 saturated carbocycles. The summed E-state index contributed by atoms with van der Waals surface area (Å²) in [6, 6.07) is 11.3. The van der Waals surface area contributed by atoms with E-state index in [2.05, 4.69) is 42.2 Å². The van der Waals surface area contributed by atoms with Crippen molar-refractivity contribution in [2.24, 2.45) is 5.73 Å². The molecule has 1 atom stereocenters. The molecule has 0 spiro atoms. The molecule has 1 aromatic carbocycles. The summed E-state index contributed by atoms with van der Waals surface area (Å²) in [6.07, 6.45) is 3.58. The zero-order valence-corrected chi connectivity index (χ0v) is 10.8. The Kier molecular flexibility index (Phi) is 4.57. The van der Waals surface area contributed by atoms with Gasteiger partial charge in [0.05, 0.1) is 0 Å². The van der Waals surface area contributed by atoms with Gasteiger partial charge in [0.15, 0.2) is 0 Å². The first-order valence-electron chi connectivity index (χ1n) is 6.78. The predicted molar refractivity (Wildman–Crippen MR) is 73.1 cm³/mol. The number of benzene rings is 1. The SMILES string of the molecule is CC(CCN1CCC(N)CC1)c1ccccc1. The highest BCUT2D eigenvalue weighted by Gasteiger charge is 2.16. The molecule has 2 N–H and O–H groups in total. The first kappa shape index (κ1) is 12.6. The maximum atomic E-state index is 5.92. The molecule has 1 heterocycles. The molecule has 1 aliphatic heterocycles. The van der Waals surface area contributed by atoms with Crippen LogP contribution in [0.15, 0.2) is 30.3 Å². The Balaban J connectivity index is 1.75. The number of nitrogens with zero attached hydrogens (tertiary/aromatic N) is 1. The molecule has 1 saturated heterocycles. The van der Waals surface area contributed by atoms with Gasteiger partial charge in [0.2, 0.25) is 0 Å². The van der Waals surface area contributed by atoms with Gasteiger partial charge in [0.1, 0.15) is 0 Å². The molecule has 2 rings (SSSR count). The van der Waals surface area contributed by atoms with Gasteiger partial charge in [-0.05, 0) is 50.4 Å². The lowest BCUT2D eigenvalue weighted by Gasteiger charge is -2.30. The van der Waals surface area contributed by atoms with Crippen molar-refractivity contribution in [3.63, 3.8) is 0 Å². The molecule has 1 aliphatic rings. The third-order valence-electron chi connectivity index (χ3n) is 3.88. The molecule has 0 amide bonds. The smallest absolute Gasteiger partial charge is 0.00631 e. The van der Waals surface area contributed by atoms with Crippen LogP contribution in [-0.4, -0.2) is 30.6 Å². The van der Waals surface area contributed by atoms with E-state index in [4.69, 9.17) is 5.73 Å². The van der Waals surface area contributed by atoms with Crippen molar-refractivity contribution in [3.05, 3.63) is 35.9 Å².